The van der Waals surface area contributed by atoms with Crippen LogP contribution >= 0.6 is 0 Å². The van der Waals surface area contributed by atoms with Crippen molar-refractivity contribution in [2.45, 2.75) is 58.3 Å². The molecule has 1 aliphatic carbocycles. The van der Waals surface area contributed by atoms with Gasteiger partial charge in [0.2, 0.25) is 5.91 Å². The van der Waals surface area contributed by atoms with Gasteiger partial charge in [-0.3, -0.25) is 4.79 Å². The van der Waals surface area contributed by atoms with Gasteiger partial charge in [0.1, 0.15) is 5.75 Å². The van der Waals surface area contributed by atoms with E-state index < -0.39 is 0 Å². The van der Waals surface area contributed by atoms with Gasteiger partial charge in [0.25, 0.3) is 0 Å². The van der Waals surface area contributed by atoms with E-state index >= 15 is 0 Å². The van der Waals surface area contributed by atoms with Crippen LogP contribution < -0.4 is 5.32 Å². The molecule has 1 saturated carbocycles. The van der Waals surface area contributed by atoms with E-state index in [1.807, 2.05) is 12.1 Å². The molecule has 1 aromatic carbocycles. The summed E-state index contributed by atoms with van der Waals surface area (Å²) in [7, 11) is 0. The maximum absolute atomic E-state index is 12.1. The predicted molar refractivity (Wildman–Crippen MR) is 89.8 cm³/mol. The first-order valence-corrected chi connectivity index (χ1v) is 8.71. The SMILES string of the molecule is CC(CC1CCCCC1)C(=O)NCCCc1ccc(O)cc1. The maximum Gasteiger partial charge on any atom is 0.222 e. The molecule has 1 unspecified atom stereocenters. The van der Waals surface area contributed by atoms with Crippen molar-refractivity contribution < 1.29 is 9.90 Å². The van der Waals surface area contributed by atoms with Gasteiger partial charge in [0.15, 0.2) is 0 Å². The van der Waals surface area contributed by atoms with Crippen molar-refractivity contribution in [1.82, 2.24) is 5.32 Å². The largest absolute Gasteiger partial charge is 0.508 e. The molecule has 0 radical (unpaired) electrons. The lowest BCUT2D eigenvalue weighted by Crippen LogP contribution is -2.31. The molecule has 0 saturated heterocycles. The lowest BCUT2D eigenvalue weighted by atomic mass is 9.83. The first-order valence-electron chi connectivity index (χ1n) is 8.71. The molecule has 3 heteroatoms. The fourth-order valence-corrected chi connectivity index (χ4v) is 3.37. The second kappa shape index (κ2) is 8.82. The van der Waals surface area contributed by atoms with Crippen LogP contribution in [0.3, 0.4) is 0 Å². The van der Waals surface area contributed by atoms with Crippen LogP contribution in [-0.4, -0.2) is 17.6 Å². The Hall–Kier alpha value is -1.51. The molecule has 1 fully saturated rings. The highest BCUT2D eigenvalue weighted by atomic mass is 16.3. The van der Waals surface area contributed by atoms with Gasteiger partial charge in [0, 0.05) is 12.5 Å². The number of benzene rings is 1. The van der Waals surface area contributed by atoms with E-state index in [-0.39, 0.29) is 11.8 Å². The molecule has 0 aliphatic heterocycles. The van der Waals surface area contributed by atoms with E-state index in [1.165, 1.54) is 37.7 Å². The average Bonchev–Trinajstić information content (AvgIpc) is 2.54. The molecular weight excluding hydrogens is 274 g/mol. The van der Waals surface area contributed by atoms with Crippen LogP contribution in [-0.2, 0) is 11.2 Å². The molecule has 1 aromatic rings. The van der Waals surface area contributed by atoms with Gasteiger partial charge in [-0.05, 0) is 42.9 Å². The molecular formula is C19H29NO2. The van der Waals surface area contributed by atoms with Crippen LogP contribution in [0.5, 0.6) is 5.75 Å². The molecule has 2 rings (SSSR count). The Morgan fingerprint density at radius 2 is 1.91 bits per heavy atom. The van der Waals surface area contributed by atoms with Crippen LogP contribution in [0.25, 0.3) is 0 Å². The van der Waals surface area contributed by atoms with E-state index in [9.17, 15) is 9.90 Å². The molecule has 122 valence electrons. The molecule has 2 N–H and O–H groups in total. The minimum atomic E-state index is 0.136. The summed E-state index contributed by atoms with van der Waals surface area (Å²) in [4.78, 5) is 12.1. The summed E-state index contributed by atoms with van der Waals surface area (Å²) >= 11 is 0. The molecule has 0 bridgehead atoms. The zero-order valence-corrected chi connectivity index (χ0v) is 13.7. The first-order chi connectivity index (χ1) is 10.6. The van der Waals surface area contributed by atoms with Gasteiger partial charge in [-0.15, -0.1) is 0 Å². The molecule has 0 heterocycles. The minimum Gasteiger partial charge on any atom is -0.508 e. The van der Waals surface area contributed by atoms with E-state index in [0.717, 1.165) is 31.7 Å². The Morgan fingerprint density at radius 1 is 1.23 bits per heavy atom. The van der Waals surface area contributed by atoms with Crippen molar-refractivity contribution in [2.24, 2.45) is 11.8 Å². The Labute approximate surface area is 134 Å². The van der Waals surface area contributed by atoms with Crippen LogP contribution in [0.15, 0.2) is 24.3 Å². The summed E-state index contributed by atoms with van der Waals surface area (Å²) in [5.41, 5.74) is 1.20. The van der Waals surface area contributed by atoms with Crippen molar-refractivity contribution in [2.75, 3.05) is 6.54 Å². The number of carbonyl (C=O) groups is 1. The number of hydrogen-bond donors (Lipinski definition) is 2. The molecule has 0 spiro atoms. The smallest absolute Gasteiger partial charge is 0.222 e. The first kappa shape index (κ1) is 16.9. The number of phenols is 1. The molecule has 1 atom stereocenters. The summed E-state index contributed by atoms with van der Waals surface area (Å²) in [6, 6.07) is 7.28. The topological polar surface area (TPSA) is 49.3 Å². The van der Waals surface area contributed by atoms with Gasteiger partial charge in [-0.1, -0.05) is 51.2 Å². The molecule has 3 nitrogen and oxygen atoms in total. The highest BCUT2D eigenvalue weighted by Crippen LogP contribution is 2.28. The second-order valence-electron chi connectivity index (χ2n) is 6.70. The summed E-state index contributed by atoms with van der Waals surface area (Å²) in [6.07, 6.45) is 9.57. The maximum atomic E-state index is 12.1. The summed E-state index contributed by atoms with van der Waals surface area (Å²) in [5, 5.41) is 12.3. The van der Waals surface area contributed by atoms with Gasteiger partial charge >= 0.3 is 0 Å². The third kappa shape index (κ3) is 5.70. The van der Waals surface area contributed by atoms with Crippen molar-refractivity contribution in [3.8, 4) is 5.75 Å². The van der Waals surface area contributed by atoms with Crippen LogP contribution in [0.1, 0.15) is 57.4 Å². The summed E-state index contributed by atoms with van der Waals surface area (Å²) in [5.74, 6) is 1.40. The van der Waals surface area contributed by atoms with Gasteiger partial charge in [-0.25, -0.2) is 0 Å². The predicted octanol–water partition coefficient (Wildman–Crippen LogP) is 4.05. The quantitative estimate of drug-likeness (QED) is 0.747. The fourth-order valence-electron chi connectivity index (χ4n) is 3.37. The minimum absolute atomic E-state index is 0.136. The number of hydrogen-bond acceptors (Lipinski definition) is 2. The second-order valence-corrected chi connectivity index (χ2v) is 6.70. The normalized spacial score (nSPS) is 17.1. The monoisotopic (exact) mass is 303 g/mol. The highest BCUT2D eigenvalue weighted by Gasteiger charge is 2.20. The van der Waals surface area contributed by atoms with Crippen molar-refractivity contribution in [1.29, 1.82) is 0 Å². The number of aromatic hydroxyl groups is 1. The highest BCUT2D eigenvalue weighted by molar-refractivity contribution is 5.78. The van der Waals surface area contributed by atoms with Gasteiger partial charge in [0.05, 0.1) is 0 Å². The summed E-state index contributed by atoms with van der Waals surface area (Å²) in [6.45, 7) is 2.79. The Balaban J connectivity index is 1.61. The Morgan fingerprint density at radius 3 is 2.59 bits per heavy atom. The standard InChI is InChI=1S/C19H29NO2/c1-15(14-17-6-3-2-4-7-17)19(22)20-13-5-8-16-9-11-18(21)12-10-16/h9-12,15,17,21H,2-8,13-14H2,1H3,(H,20,22). The lowest BCUT2D eigenvalue weighted by Gasteiger charge is -2.24. The lowest BCUT2D eigenvalue weighted by molar-refractivity contribution is -0.125. The molecule has 1 aliphatic rings. The number of carbonyl (C=O) groups excluding carboxylic acids is 1. The van der Waals surface area contributed by atoms with Gasteiger partial charge in [-0.2, -0.15) is 0 Å². The van der Waals surface area contributed by atoms with Crippen molar-refractivity contribution >= 4 is 5.91 Å². The van der Waals surface area contributed by atoms with E-state index in [2.05, 4.69) is 12.2 Å². The van der Waals surface area contributed by atoms with E-state index in [4.69, 9.17) is 0 Å². The number of rotatable bonds is 7. The van der Waals surface area contributed by atoms with Crippen molar-refractivity contribution in [3.63, 3.8) is 0 Å². The molecule has 0 aromatic heterocycles. The number of nitrogens with one attached hydrogen (secondary N) is 1. The number of amides is 1. The van der Waals surface area contributed by atoms with Gasteiger partial charge < -0.3 is 10.4 Å². The Kier molecular flexibility index (Phi) is 6.75. The fraction of sp³-hybridized carbons (Fsp3) is 0.632. The Bertz CT molecular complexity index is 449. The zero-order valence-electron chi connectivity index (χ0n) is 13.7. The van der Waals surface area contributed by atoms with E-state index in [0.29, 0.717) is 5.75 Å². The van der Waals surface area contributed by atoms with Crippen LogP contribution in [0, 0.1) is 11.8 Å². The van der Waals surface area contributed by atoms with Crippen LogP contribution in [0.2, 0.25) is 0 Å². The molecule has 22 heavy (non-hydrogen) atoms. The third-order valence-electron chi connectivity index (χ3n) is 4.74. The summed E-state index contributed by atoms with van der Waals surface area (Å²) < 4.78 is 0. The zero-order chi connectivity index (χ0) is 15.8. The third-order valence-corrected chi connectivity index (χ3v) is 4.74. The van der Waals surface area contributed by atoms with Crippen molar-refractivity contribution in [3.05, 3.63) is 29.8 Å². The number of phenolic OH excluding ortho intramolecular Hbond substituents is 1. The van der Waals surface area contributed by atoms with Crippen LogP contribution in [0.4, 0.5) is 0 Å². The number of aryl methyl sites for hydroxylation is 1. The molecule has 1 amide bonds. The average molecular weight is 303 g/mol. The van der Waals surface area contributed by atoms with E-state index in [1.54, 1.807) is 12.1 Å².